The molecule has 0 N–H and O–H groups in total. The quantitative estimate of drug-likeness (QED) is 0.676. The fraction of sp³-hybridized carbons (Fsp3) is 0.0476. The van der Waals surface area contributed by atoms with Crippen molar-refractivity contribution in [1.82, 2.24) is 0 Å². The zero-order valence-corrected chi connectivity index (χ0v) is 13.2. The Morgan fingerprint density at radius 1 is 0.720 bits per heavy atom. The van der Waals surface area contributed by atoms with E-state index in [0.717, 1.165) is 11.1 Å². The first-order chi connectivity index (χ1) is 12.2. The zero-order chi connectivity index (χ0) is 17.4. The highest BCUT2D eigenvalue weighted by Gasteiger charge is 2.42. The largest absolute Gasteiger partial charge is 0.300 e. The first-order valence-electron chi connectivity index (χ1n) is 7.95. The average Bonchev–Trinajstić information content (AvgIpc) is 2.90. The summed E-state index contributed by atoms with van der Waals surface area (Å²) in [5.74, 6) is -2.18. The lowest BCUT2D eigenvalue weighted by atomic mass is 9.97. The molecule has 4 rings (SSSR count). The molecule has 1 heterocycles. The Morgan fingerprint density at radius 3 is 1.84 bits per heavy atom. The number of rotatable bonds is 3. The van der Waals surface area contributed by atoms with Crippen LogP contribution in [0.1, 0.15) is 27.5 Å². The Bertz CT molecular complexity index is 915. The summed E-state index contributed by atoms with van der Waals surface area (Å²) in [7, 11) is 0. The minimum atomic E-state index is -0.801. The minimum absolute atomic E-state index is 0.149. The monoisotopic (exact) mass is 331 g/mol. The van der Waals surface area contributed by atoms with Crippen LogP contribution in [0.25, 0.3) is 0 Å². The van der Waals surface area contributed by atoms with Crippen LogP contribution >= 0.6 is 0 Å². The van der Waals surface area contributed by atoms with Gasteiger partial charge in [0.25, 0.3) is 11.7 Å². The molecule has 1 aliphatic rings. The van der Waals surface area contributed by atoms with Crippen molar-refractivity contribution >= 4 is 17.4 Å². The van der Waals surface area contributed by atoms with E-state index in [-0.39, 0.29) is 5.56 Å². The van der Waals surface area contributed by atoms with Crippen LogP contribution in [-0.4, -0.2) is 11.7 Å². The van der Waals surface area contributed by atoms with Gasteiger partial charge in [0, 0.05) is 0 Å². The maximum atomic E-state index is 14.2. The van der Waals surface area contributed by atoms with Gasteiger partial charge in [0.2, 0.25) is 0 Å². The Kier molecular flexibility index (Phi) is 3.65. The van der Waals surface area contributed by atoms with Crippen molar-refractivity contribution in [2.75, 3.05) is 4.90 Å². The molecule has 1 aliphatic heterocycles. The molecule has 0 aliphatic carbocycles. The molecule has 4 heteroatoms. The van der Waals surface area contributed by atoms with Gasteiger partial charge in [-0.05, 0) is 23.3 Å². The number of fused-ring (bicyclic) bond motifs is 1. The lowest BCUT2D eigenvalue weighted by molar-refractivity contribution is -0.114. The fourth-order valence-corrected chi connectivity index (χ4v) is 3.28. The number of amides is 1. The van der Waals surface area contributed by atoms with Gasteiger partial charge in [0.1, 0.15) is 5.82 Å². The summed E-state index contributed by atoms with van der Waals surface area (Å²) < 4.78 is 14.2. The Balaban J connectivity index is 1.94. The van der Waals surface area contributed by atoms with Gasteiger partial charge in [-0.2, -0.15) is 0 Å². The fourth-order valence-electron chi connectivity index (χ4n) is 3.28. The number of carbonyl (C=O) groups is 2. The number of ketones is 1. The van der Waals surface area contributed by atoms with Gasteiger partial charge in [-0.15, -0.1) is 0 Å². The number of anilines is 1. The van der Waals surface area contributed by atoms with Crippen LogP contribution in [0.5, 0.6) is 0 Å². The van der Waals surface area contributed by atoms with Gasteiger partial charge < -0.3 is 0 Å². The molecule has 0 radical (unpaired) electrons. The summed E-state index contributed by atoms with van der Waals surface area (Å²) in [4.78, 5) is 26.5. The van der Waals surface area contributed by atoms with E-state index in [0.29, 0.717) is 5.69 Å². The topological polar surface area (TPSA) is 37.4 Å². The third kappa shape index (κ3) is 2.43. The molecule has 122 valence electrons. The lowest BCUT2D eigenvalue weighted by Crippen LogP contribution is -2.34. The first-order valence-corrected chi connectivity index (χ1v) is 7.95. The van der Waals surface area contributed by atoms with E-state index in [2.05, 4.69) is 0 Å². The molecular weight excluding hydrogens is 317 g/mol. The number of carbonyl (C=O) groups excluding carboxylic acids is 2. The van der Waals surface area contributed by atoms with Crippen molar-refractivity contribution in [2.45, 2.75) is 6.04 Å². The number of halogens is 1. The van der Waals surface area contributed by atoms with Crippen LogP contribution in [0.4, 0.5) is 10.1 Å². The smallest absolute Gasteiger partial charge is 0.293 e. The maximum Gasteiger partial charge on any atom is 0.300 e. The lowest BCUT2D eigenvalue weighted by Gasteiger charge is -2.29. The molecule has 3 aromatic carbocycles. The molecule has 0 saturated carbocycles. The Hall–Kier alpha value is -3.27. The maximum absolute atomic E-state index is 14.2. The van der Waals surface area contributed by atoms with Crippen LogP contribution in [0.15, 0.2) is 78.9 Å². The van der Waals surface area contributed by atoms with Gasteiger partial charge in [0.15, 0.2) is 0 Å². The van der Waals surface area contributed by atoms with Crippen LogP contribution in [0, 0.1) is 5.82 Å². The second-order valence-corrected chi connectivity index (χ2v) is 5.86. The molecule has 3 nitrogen and oxygen atoms in total. The molecule has 0 atom stereocenters. The second-order valence-electron chi connectivity index (χ2n) is 5.86. The minimum Gasteiger partial charge on any atom is -0.293 e. The predicted molar refractivity (Wildman–Crippen MR) is 92.9 cm³/mol. The summed E-state index contributed by atoms with van der Waals surface area (Å²) in [6.07, 6.45) is 0. The van der Waals surface area contributed by atoms with Crippen molar-refractivity contribution in [3.63, 3.8) is 0 Å². The van der Waals surface area contributed by atoms with E-state index < -0.39 is 23.5 Å². The highest BCUT2D eigenvalue weighted by atomic mass is 19.1. The molecule has 0 saturated heterocycles. The number of Topliss-reactive ketones (excluding diaryl/α,β-unsaturated/α-hetero) is 1. The molecule has 0 unspecified atom stereocenters. The van der Waals surface area contributed by atoms with E-state index in [1.54, 1.807) is 6.07 Å². The van der Waals surface area contributed by atoms with E-state index >= 15 is 0 Å². The molecule has 0 bridgehead atoms. The second kappa shape index (κ2) is 5.98. The number of hydrogen-bond acceptors (Lipinski definition) is 2. The third-order valence-electron chi connectivity index (χ3n) is 4.38. The SMILES string of the molecule is O=C1C(=O)N(C(c2ccccc2)c2ccccc2)c2cccc(F)c21. The zero-order valence-electron chi connectivity index (χ0n) is 13.2. The van der Waals surface area contributed by atoms with E-state index in [1.807, 2.05) is 60.7 Å². The van der Waals surface area contributed by atoms with Crippen LogP contribution < -0.4 is 4.90 Å². The van der Waals surface area contributed by atoms with Crippen molar-refractivity contribution in [3.05, 3.63) is 101 Å². The number of nitrogens with zero attached hydrogens (tertiary/aromatic N) is 1. The van der Waals surface area contributed by atoms with Crippen molar-refractivity contribution in [3.8, 4) is 0 Å². The van der Waals surface area contributed by atoms with E-state index in [1.165, 1.54) is 17.0 Å². The summed E-state index contributed by atoms with van der Waals surface area (Å²) >= 11 is 0. The van der Waals surface area contributed by atoms with Gasteiger partial charge in [-0.25, -0.2) is 4.39 Å². The van der Waals surface area contributed by atoms with Gasteiger partial charge in [-0.3, -0.25) is 14.5 Å². The standard InChI is InChI=1S/C21H14FNO2/c22-16-12-7-13-17-18(16)20(24)21(25)23(17)19(14-8-3-1-4-9-14)15-10-5-2-6-11-15/h1-13,19H. The average molecular weight is 331 g/mol. The molecular formula is C21H14FNO2. The van der Waals surface area contributed by atoms with Gasteiger partial charge in [-0.1, -0.05) is 66.7 Å². The van der Waals surface area contributed by atoms with Crippen molar-refractivity contribution in [2.24, 2.45) is 0 Å². The predicted octanol–water partition coefficient (Wildman–Crippen LogP) is 4.14. The number of hydrogen-bond donors (Lipinski definition) is 0. The molecule has 0 aromatic heterocycles. The van der Waals surface area contributed by atoms with E-state index in [9.17, 15) is 14.0 Å². The Morgan fingerprint density at radius 2 is 1.28 bits per heavy atom. The summed E-state index contributed by atoms with van der Waals surface area (Å²) in [6.45, 7) is 0. The van der Waals surface area contributed by atoms with Crippen LogP contribution in [0.2, 0.25) is 0 Å². The van der Waals surface area contributed by atoms with E-state index in [4.69, 9.17) is 0 Å². The highest BCUT2D eigenvalue weighted by Crippen LogP contribution is 2.40. The Labute approximate surface area is 144 Å². The van der Waals surface area contributed by atoms with Crippen LogP contribution in [-0.2, 0) is 4.79 Å². The molecule has 1 amide bonds. The van der Waals surface area contributed by atoms with Gasteiger partial charge in [0.05, 0.1) is 17.3 Å². The molecule has 25 heavy (non-hydrogen) atoms. The van der Waals surface area contributed by atoms with Crippen LogP contribution in [0.3, 0.4) is 0 Å². The number of benzene rings is 3. The normalized spacial score (nSPS) is 13.4. The molecule has 3 aromatic rings. The van der Waals surface area contributed by atoms with Crippen molar-refractivity contribution in [1.29, 1.82) is 0 Å². The molecule has 0 spiro atoms. The van der Waals surface area contributed by atoms with Gasteiger partial charge >= 0.3 is 0 Å². The highest BCUT2D eigenvalue weighted by molar-refractivity contribution is 6.52. The van der Waals surface area contributed by atoms with Crippen molar-refractivity contribution < 1.29 is 14.0 Å². The third-order valence-corrected chi connectivity index (χ3v) is 4.38. The first kappa shape index (κ1) is 15.3. The summed E-state index contributed by atoms with van der Waals surface area (Å²) in [5.41, 5.74) is 1.87. The summed E-state index contributed by atoms with van der Waals surface area (Å²) in [5, 5.41) is 0. The molecule has 0 fully saturated rings. The summed E-state index contributed by atoms with van der Waals surface area (Å²) in [6, 6.07) is 22.7.